The van der Waals surface area contributed by atoms with Crippen LogP contribution in [0.3, 0.4) is 0 Å². The Morgan fingerprint density at radius 1 is 1.21 bits per heavy atom. The van der Waals surface area contributed by atoms with Crippen molar-refractivity contribution in [2.45, 2.75) is 25.5 Å². The van der Waals surface area contributed by atoms with Crippen molar-refractivity contribution in [1.82, 2.24) is 15.3 Å². The first-order valence-electron chi connectivity index (χ1n) is 12.3. The summed E-state index contributed by atoms with van der Waals surface area (Å²) in [5.74, 6) is 0.191. The molecule has 3 heterocycles. The van der Waals surface area contributed by atoms with Gasteiger partial charge < -0.3 is 25.5 Å². The van der Waals surface area contributed by atoms with Gasteiger partial charge in [0.25, 0.3) is 12.3 Å². The highest BCUT2D eigenvalue weighted by atomic mass is 35.5. The van der Waals surface area contributed by atoms with Crippen LogP contribution in [0.4, 0.5) is 37.6 Å². The molecule has 0 bridgehead atoms. The average Bonchev–Trinajstić information content (AvgIpc) is 2.90. The summed E-state index contributed by atoms with van der Waals surface area (Å²) < 4.78 is 27.2. The number of para-hydroxylation sites is 1. The topological polar surface area (TPSA) is 96.9 Å². The van der Waals surface area contributed by atoms with E-state index < -0.39 is 12.5 Å². The van der Waals surface area contributed by atoms with Crippen LogP contribution in [0.15, 0.2) is 42.6 Å². The first-order valence-corrected chi connectivity index (χ1v) is 13.1. The minimum Gasteiger partial charge on any atom is -0.382 e. The molecule has 0 saturated carbocycles. The van der Waals surface area contributed by atoms with E-state index in [0.29, 0.717) is 52.6 Å². The third-order valence-corrected chi connectivity index (χ3v) is 7.33. The van der Waals surface area contributed by atoms with Crippen molar-refractivity contribution in [3.8, 4) is 0 Å². The number of aromatic nitrogens is 2. The van der Waals surface area contributed by atoms with Crippen molar-refractivity contribution in [2.24, 2.45) is 0 Å². The molecule has 206 valence electrons. The number of nitrogens with one attached hydrogen (secondary N) is 2. The van der Waals surface area contributed by atoms with Crippen molar-refractivity contribution in [1.29, 1.82) is 0 Å². The van der Waals surface area contributed by atoms with Gasteiger partial charge in [-0.3, -0.25) is 9.69 Å². The van der Waals surface area contributed by atoms with Gasteiger partial charge in [-0.05, 0) is 37.3 Å². The zero-order valence-electron chi connectivity index (χ0n) is 21.2. The second-order valence-electron chi connectivity index (χ2n) is 9.55. The number of hydrogen-bond donors (Lipinski definition) is 3. The van der Waals surface area contributed by atoms with Crippen LogP contribution in [-0.4, -0.2) is 66.8 Å². The quantitative estimate of drug-likeness (QED) is 0.388. The number of fused-ring (bicyclic) bond motifs is 1. The van der Waals surface area contributed by atoms with Gasteiger partial charge in [-0.15, -0.1) is 0 Å². The minimum atomic E-state index is -2.95. The number of rotatable bonds is 6. The van der Waals surface area contributed by atoms with E-state index in [-0.39, 0.29) is 35.7 Å². The van der Waals surface area contributed by atoms with Crippen molar-refractivity contribution in [2.75, 3.05) is 53.4 Å². The highest BCUT2D eigenvalue weighted by Gasteiger charge is 2.33. The van der Waals surface area contributed by atoms with Gasteiger partial charge in [0, 0.05) is 55.9 Å². The number of aliphatic hydroxyl groups is 1. The fourth-order valence-electron chi connectivity index (χ4n) is 4.86. The molecule has 2 atom stereocenters. The van der Waals surface area contributed by atoms with Crippen LogP contribution >= 0.6 is 23.2 Å². The maximum atomic E-state index is 13.6. The van der Waals surface area contributed by atoms with Crippen LogP contribution in [0.1, 0.15) is 28.9 Å². The van der Waals surface area contributed by atoms with E-state index in [2.05, 4.69) is 20.6 Å². The van der Waals surface area contributed by atoms with Crippen molar-refractivity contribution >= 4 is 57.9 Å². The molecule has 2 aliphatic rings. The van der Waals surface area contributed by atoms with Crippen LogP contribution in [0.5, 0.6) is 0 Å². The number of halogens is 4. The molecule has 39 heavy (non-hydrogen) atoms. The zero-order chi connectivity index (χ0) is 27.8. The summed E-state index contributed by atoms with van der Waals surface area (Å²) >= 11 is 12.7. The van der Waals surface area contributed by atoms with Crippen LogP contribution in [-0.2, 0) is 0 Å². The van der Waals surface area contributed by atoms with Crippen LogP contribution < -0.4 is 25.3 Å². The fourth-order valence-corrected chi connectivity index (χ4v) is 5.46. The van der Waals surface area contributed by atoms with Crippen LogP contribution in [0.25, 0.3) is 0 Å². The van der Waals surface area contributed by atoms with E-state index in [1.807, 2.05) is 11.8 Å². The first-order chi connectivity index (χ1) is 18.6. The Kier molecular flexibility index (Phi) is 7.77. The SMILES string of the molecule is C[C@@H]1CN(c2ccc(Nc3ncc4c(n3)N(C)CN(c3c(Cl)cccc3Cl)C4=O)cc2C(O)C(F)F)CCN1. The third-order valence-electron chi connectivity index (χ3n) is 6.72. The molecule has 3 aromatic rings. The summed E-state index contributed by atoms with van der Waals surface area (Å²) in [7, 11) is 1.76. The van der Waals surface area contributed by atoms with Gasteiger partial charge in [0.2, 0.25) is 5.95 Å². The highest BCUT2D eigenvalue weighted by molar-refractivity contribution is 6.40. The summed E-state index contributed by atoms with van der Waals surface area (Å²) in [4.78, 5) is 27.3. The second kappa shape index (κ2) is 11.1. The van der Waals surface area contributed by atoms with E-state index in [1.54, 1.807) is 42.3 Å². The number of nitrogens with zero attached hydrogens (tertiary/aromatic N) is 5. The number of benzene rings is 2. The maximum absolute atomic E-state index is 13.6. The number of hydrogen-bond acceptors (Lipinski definition) is 8. The maximum Gasteiger partial charge on any atom is 0.268 e. The average molecular weight is 578 g/mol. The van der Waals surface area contributed by atoms with E-state index in [4.69, 9.17) is 23.2 Å². The number of aliphatic hydroxyl groups excluding tert-OH is 1. The Hall–Kier alpha value is -3.25. The number of amides is 1. The van der Waals surface area contributed by atoms with Gasteiger partial charge in [0.15, 0.2) is 0 Å². The van der Waals surface area contributed by atoms with Gasteiger partial charge in [-0.25, -0.2) is 13.8 Å². The predicted octanol–water partition coefficient (Wildman–Crippen LogP) is 4.68. The van der Waals surface area contributed by atoms with Gasteiger partial charge >= 0.3 is 0 Å². The summed E-state index contributed by atoms with van der Waals surface area (Å²) in [6.07, 6.45) is -3.51. The van der Waals surface area contributed by atoms with Gasteiger partial charge in [0.05, 0.1) is 22.4 Å². The first kappa shape index (κ1) is 27.3. The standard InChI is InChI=1S/C26H27Cl2F2N7O2/c1-14-12-36(9-8-31-14)20-7-6-15(10-16(20)22(38)23(29)30)33-26-32-11-17-24(34-26)35(2)13-37(25(17)39)21-18(27)4-3-5-19(21)28/h3-7,10-11,14,22-23,31,38H,8-9,12-13H2,1-2H3,(H,32,33,34)/t14-,22?/m1/s1. The molecule has 2 aliphatic heterocycles. The van der Waals surface area contributed by atoms with E-state index >= 15 is 0 Å². The Balaban J connectivity index is 1.43. The molecule has 3 N–H and O–H groups in total. The van der Waals surface area contributed by atoms with Gasteiger partial charge in [0.1, 0.15) is 17.5 Å². The van der Waals surface area contributed by atoms with Crippen molar-refractivity contribution in [3.05, 3.63) is 63.8 Å². The molecule has 1 amide bonds. The molecule has 1 unspecified atom stereocenters. The number of piperazine rings is 1. The third kappa shape index (κ3) is 5.44. The number of carbonyl (C=O) groups is 1. The van der Waals surface area contributed by atoms with Gasteiger partial charge in [-0.2, -0.15) is 4.98 Å². The van der Waals surface area contributed by atoms with Crippen molar-refractivity contribution in [3.63, 3.8) is 0 Å². The second-order valence-corrected chi connectivity index (χ2v) is 10.4. The number of alkyl halides is 2. The Labute approximate surface area is 234 Å². The summed E-state index contributed by atoms with van der Waals surface area (Å²) in [5.41, 5.74) is 1.74. The molecule has 9 nitrogen and oxygen atoms in total. The smallest absolute Gasteiger partial charge is 0.268 e. The number of carbonyl (C=O) groups excluding carboxylic acids is 1. The zero-order valence-corrected chi connectivity index (χ0v) is 22.7. The van der Waals surface area contributed by atoms with E-state index in [1.165, 1.54) is 17.2 Å². The highest BCUT2D eigenvalue weighted by Crippen LogP contribution is 2.38. The molecular weight excluding hydrogens is 551 g/mol. The molecule has 0 radical (unpaired) electrons. The number of anilines is 5. The Morgan fingerprint density at radius 3 is 2.64 bits per heavy atom. The molecule has 2 aromatic carbocycles. The lowest BCUT2D eigenvalue weighted by molar-refractivity contribution is -0.00551. The van der Waals surface area contributed by atoms with Crippen LogP contribution in [0.2, 0.25) is 10.0 Å². The Bertz CT molecular complexity index is 1380. The van der Waals surface area contributed by atoms with Gasteiger partial charge in [-0.1, -0.05) is 29.3 Å². The minimum absolute atomic E-state index is 0.113. The predicted molar refractivity (Wildman–Crippen MR) is 149 cm³/mol. The lowest BCUT2D eigenvalue weighted by Gasteiger charge is -2.36. The van der Waals surface area contributed by atoms with E-state index in [0.717, 1.165) is 0 Å². The molecule has 0 spiro atoms. The molecule has 1 saturated heterocycles. The van der Waals surface area contributed by atoms with Crippen molar-refractivity contribution < 1.29 is 18.7 Å². The molecule has 0 aliphatic carbocycles. The summed E-state index contributed by atoms with van der Waals surface area (Å²) in [6, 6.07) is 10.1. The van der Waals surface area contributed by atoms with Crippen LogP contribution in [0, 0.1) is 0 Å². The normalized spacial score (nSPS) is 18.4. The van der Waals surface area contributed by atoms with E-state index in [9.17, 15) is 18.7 Å². The molecule has 1 aromatic heterocycles. The largest absolute Gasteiger partial charge is 0.382 e. The molecule has 5 rings (SSSR count). The lowest BCUT2D eigenvalue weighted by Crippen LogP contribution is -2.49. The summed E-state index contributed by atoms with van der Waals surface area (Å²) in [6.45, 7) is 4.13. The lowest BCUT2D eigenvalue weighted by atomic mass is 10.0. The monoisotopic (exact) mass is 577 g/mol. The molecule has 1 fully saturated rings. The summed E-state index contributed by atoms with van der Waals surface area (Å²) in [5, 5.41) is 17.3. The Morgan fingerprint density at radius 2 is 1.95 bits per heavy atom. The molecule has 13 heteroatoms. The fraction of sp³-hybridized carbons (Fsp3) is 0.346. The molecular formula is C26H27Cl2F2N7O2.